The molecule has 0 fully saturated rings. The number of ether oxygens (including phenoxy) is 1. The molecule has 3 aromatic carbocycles. The molecular weight excluding hydrogens is 344 g/mol. The Labute approximate surface area is 156 Å². The van der Waals surface area contributed by atoms with Gasteiger partial charge < -0.3 is 9.84 Å². The van der Waals surface area contributed by atoms with Crippen LogP contribution in [0.25, 0.3) is 16.7 Å². The molecule has 0 spiro atoms. The molecule has 1 N–H and O–H groups in total. The summed E-state index contributed by atoms with van der Waals surface area (Å²) in [6.07, 6.45) is 0. The van der Waals surface area contributed by atoms with Gasteiger partial charge in [-0.3, -0.25) is 4.57 Å². The number of phenolic OH excluding ortho intramolecular Hbond substituents is 1. The number of nitrogens with zero attached hydrogens (tertiary/aromatic N) is 2. The predicted molar refractivity (Wildman–Crippen MR) is 105 cm³/mol. The van der Waals surface area contributed by atoms with Crippen LogP contribution >= 0.6 is 11.8 Å². The summed E-state index contributed by atoms with van der Waals surface area (Å²) in [5.41, 5.74) is 3.72. The zero-order valence-electron chi connectivity index (χ0n) is 14.3. The van der Waals surface area contributed by atoms with Crippen molar-refractivity contribution in [3.05, 3.63) is 78.4 Å². The van der Waals surface area contributed by atoms with Crippen molar-refractivity contribution >= 4 is 22.8 Å². The van der Waals surface area contributed by atoms with Crippen LogP contribution in [0.1, 0.15) is 5.56 Å². The number of aromatic nitrogens is 2. The Morgan fingerprint density at radius 3 is 2.54 bits per heavy atom. The molecule has 1 heterocycles. The standard InChI is InChI=1S/C21H18N2O2S/c1-25-16-11-12-18-17(13-16)22-21(26-14-15-7-3-2-4-8-15)23(18)19-9-5-6-10-20(19)24/h2-13,24H,14H2,1H3. The van der Waals surface area contributed by atoms with Crippen LogP contribution in [0.4, 0.5) is 0 Å². The molecule has 0 saturated heterocycles. The van der Waals surface area contributed by atoms with Gasteiger partial charge in [0.25, 0.3) is 0 Å². The lowest BCUT2D eigenvalue weighted by Gasteiger charge is -2.11. The number of benzene rings is 3. The van der Waals surface area contributed by atoms with Gasteiger partial charge in [-0.15, -0.1) is 0 Å². The molecule has 4 rings (SSSR count). The maximum atomic E-state index is 10.4. The van der Waals surface area contributed by atoms with Gasteiger partial charge in [0.2, 0.25) is 0 Å². The third kappa shape index (κ3) is 3.13. The Bertz CT molecular complexity index is 1040. The first-order valence-electron chi connectivity index (χ1n) is 8.28. The summed E-state index contributed by atoms with van der Waals surface area (Å²) < 4.78 is 7.32. The molecule has 5 heteroatoms. The van der Waals surface area contributed by atoms with Gasteiger partial charge in [0.1, 0.15) is 11.5 Å². The molecule has 130 valence electrons. The van der Waals surface area contributed by atoms with Gasteiger partial charge in [0, 0.05) is 11.8 Å². The summed E-state index contributed by atoms with van der Waals surface area (Å²) >= 11 is 1.64. The van der Waals surface area contributed by atoms with Crippen LogP contribution in [0.3, 0.4) is 0 Å². The third-order valence-corrected chi connectivity index (χ3v) is 5.17. The number of thioether (sulfide) groups is 1. The molecule has 0 aliphatic rings. The van der Waals surface area contributed by atoms with E-state index in [1.165, 1.54) is 5.56 Å². The fourth-order valence-corrected chi connectivity index (χ4v) is 3.85. The van der Waals surface area contributed by atoms with Crippen molar-refractivity contribution in [3.8, 4) is 17.2 Å². The van der Waals surface area contributed by atoms with Crippen molar-refractivity contribution in [3.63, 3.8) is 0 Å². The molecule has 0 atom stereocenters. The number of hydrogen-bond acceptors (Lipinski definition) is 4. The first kappa shape index (κ1) is 16.5. The molecular formula is C21H18N2O2S. The second kappa shape index (κ2) is 7.14. The van der Waals surface area contributed by atoms with Crippen molar-refractivity contribution in [2.24, 2.45) is 0 Å². The summed E-state index contributed by atoms with van der Waals surface area (Å²) in [6, 6.07) is 23.4. The third-order valence-electron chi connectivity index (χ3n) is 4.16. The van der Waals surface area contributed by atoms with E-state index in [-0.39, 0.29) is 5.75 Å². The van der Waals surface area contributed by atoms with E-state index in [1.807, 2.05) is 59.2 Å². The number of para-hydroxylation sites is 2. The first-order chi connectivity index (χ1) is 12.8. The van der Waals surface area contributed by atoms with E-state index in [9.17, 15) is 5.11 Å². The van der Waals surface area contributed by atoms with E-state index in [0.717, 1.165) is 33.4 Å². The van der Waals surface area contributed by atoms with E-state index < -0.39 is 0 Å². The van der Waals surface area contributed by atoms with Crippen molar-refractivity contribution in [1.82, 2.24) is 9.55 Å². The van der Waals surface area contributed by atoms with E-state index in [1.54, 1.807) is 24.9 Å². The highest BCUT2D eigenvalue weighted by molar-refractivity contribution is 7.98. The molecule has 26 heavy (non-hydrogen) atoms. The number of rotatable bonds is 5. The number of imidazole rings is 1. The quantitative estimate of drug-likeness (QED) is 0.506. The Morgan fingerprint density at radius 2 is 1.77 bits per heavy atom. The van der Waals surface area contributed by atoms with Crippen LogP contribution in [0.15, 0.2) is 78.0 Å². The van der Waals surface area contributed by atoms with Gasteiger partial charge in [0.05, 0.1) is 23.8 Å². The van der Waals surface area contributed by atoms with E-state index >= 15 is 0 Å². The molecule has 0 bridgehead atoms. The molecule has 0 radical (unpaired) electrons. The molecule has 4 aromatic rings. The van der Waals surface area contributed by atoms with Gasteiger partial charge in [-0.1, -0.05) is 54.2 Å². The lowest BCUT2D eigenvalue weighted by molar-refractivity contribution is 0.415. The molecule has 0 aliphatic carbocycles. The molecule has 0 amide bonds. The van der Waals surface area contributed by atoms with Crippen LogP contribution in [0.2, 0.25) is 0 Å². The van der Waals surface area contributed by atoms with E-state index in [4.69, 9.17) is 9.72 Å². The topological polar surface area (TPSA) is 47.3 Å². The smallest absolute Gasteiger partial charge is 0.174 e. The Morgan fingerprint density at radius 1 is 1.00 bits per heavy atom. The van der Waals surface area contributed by atoms with Crippen molar-refractivity contribution in [2.45, 2.75) is 10.9 Å². The molecule has 0 unspecified atom stereocenters. The molecule has 0 saturated carbocycles. The summed E-state index contributed by atoms with van der Waals surface area (Å²) in [5.74, 6) is 1.79. The average Bonchev–Trinajstić information content (AvgIpc) is 3.05. The van der Waals surface area contributed by atoms with Crippen LogP contribution in [-0.4, -0.2) is 21.8 Å². The van der Waals surface area contributed by atoms with Gasteiger partial charge in [-0.05, 0) is 29.8 Å². The maximum Gasteiger partial charge on any atom is 0.174 e. The van der Waals surface area contributed by atoms with Gasteiger partial charge in [-0.2, -0.15) is 0 Å². The number of phenols is 1. The fourth-order valence-electron chi connectivity index (χ4n) is 2.87. The highest BCUT2D eigenvalue weighted by atomic mass is 32.2. The summed E-state index contributed by atoms with van der Waals surface area (Å²) in [7, 11) is 1.65. The predicted octanol–water partition coefficient (Wildman–Crippen LogP) is 5.03. The van der Waals surface area contributed by atoms with Crippen LogP contribution in [0.5, 0.6) is 11.5 Å². The monoisotopic (exact) mass is 362 g/mol. The lowest BCUT2D eigenvalue weighted by atomic mass is 10.2. The first-order valence-corrected chi connectivity index (χ1v) is 9.26. The Balaban J connectivity index is 1.82. The Kier molecular flexibility index (Phi) is 4.54. The Hall–Kier alpha value is -2.92. The van der Waals surface area contributed by atoms with Crippen molar-refractivity contribution < 1.29 is 9.84 Å². The number of fused-ring (bicyclic) bond motifs is 1. The van der Waals surface area contributed by atoms with Crippen molar-refractivity contribution in [2.75, 3.05) is 7.11 Å². The number of aromatic hydroxyl groups is 1. The van der Waals surface area contributed by atoms with Gasteiger partial charge in [-0.25, -0.2) is 4.98 Å². The fraction of sp³-hybridized carbons (Fsp3) is 0.0952. The lowest BCUT2D eigenvalue weighted by Crippen LogP contribution is -1.97. The highest BCUT2D eigenvalue weighted by Crippen LogP contribution is 2.34. The SMILES string of the molecule is COc1ccc2c(c1)nc(SCc1ccccc1)n2-c1ccccc1O. The number of hydrogen-bond donors (Lipinski definition) is 1. The minimum atomic E-state index is 0.226. The largest absolute Gasteiger partial charge is 0.506 e. The minimum Gasteiger partial charge on any atom is -0.506 e. The van der Waals surface area contributed by atoms with Gasteiger partial charge >= 0.3 is 0 Å². The summed E-state index contributed by atoms with van der Waals surface area (Å²) in [5, 5.41) is 11.2. The molecule has 0 aliphatic heterocycles. The molecule has 4 nitrogen and oxygen atoms in total. The van der Waals surface area contributed by atoms with Crippen LogP contribution < -0.4 is 4.74 Å². The van der Waals surface area contributed by atoms with Crippen molar-refractivity contribution in [1.29, 1.82) is 0 Å². The second-order valence-corrected chi connectivity index (χ2v) is 6.79. The van der Waals surface area contributed by atoms with E-state index in [2.05, 4.69) is 12.1 Å². The second-order valence-electron chi connectivity index (χ2n) is 5.85. The maximum absolute atomic E-state index is 10.4. The zero-order valence-corrected chi connectivity index (χ0v) is 15.1. The summed E-state index contributed by atoms with van der Waals surface area (Å²) in [4.78, 5) is 4.79. The van der Waals surface area contributed by atoms with Crippen LogP contribution in [-0.2, 0) is 5.75 Å². The average molecular weight is 362 g/mol. The summed E-state index contributed by atoms with van der Waals surface area (Å²) in [6.45, 7) is 0. The van der Waals surface area contributed by atoms with Crippen LogP contribution in [0, 0.1) is 0 Å². The van der Waals surface area contributed by atoms with Gasteiger partial charge in [0.15, 0.2) is 5.16 Å². The number of methoxy groups -OCH3 is 1. The van der Waals surface area contributed by atoms with E-state index in [0.29, 0.717) is 0 Å². The normalized spacial score (nSPS) is 11.0. The molecule has 1 aromatic heterocycles. The zero-order chi connectivity index (χ0) is 17.9. The minimum absolute atomic E-state index is 0.226. The highest BCUT2D eigenvalue weighted by Gasteiger charge is 2.16.